The van der Waals surface area contributed by atoms with Crippen molar-refractivity contribution in [3.05, 3.63) is 80.6 Å². The van der Waals surface area contributed by atoms with Gasteiger partial charge in [0.05, 0.1) is 9.26 Å². The van der Waals surface area contributed by atoms with E-state index in [0.29, 0.717) is 12.2 Å². The molecule has 3 aromatic rings. The van der Waals surface area contributed by atoms with E-state index >= 15 is 0 Å². The molecule has 1 heterocycles. The van der Waals surface area contributed by atoms with Gasteiger partial charge in [0.2, 0.25) is 5.91 Å². The highest BCUT2D eigenvalue weighted by Gasteiger charge is 2.08. The summed E-state index contributed by atoms with van der Waals surface area (Å²) in [6, 6.07) is 15.6. The summed E-state index contributed by atoms with van der Waals surface area (Å²) in [6.45, 7) is 4.38. The van der Waals surface area contributed by atoms with E-state index < -0.39 is 5.91 Å². The van der Waals surface area contributed by atoms with Crippen molar-refractivity contribution < 1.29 is 9.53 Å². The van der Waals surface area contributed by atoms with Gasteiger partial charge in [0.15, 0.2) is 0 Å². The molecule has 26 heavy (non-hydrogen) atoms. The van der Waals surface area contributed by atoms with Crippen LogP contribution in [0.1, 0.15) is 27.0 Å². The molecule has 0 bridgehead atoms. The molecule has 2 aromatic carbocycles. The molecule has 0 atom stereocenters. The quantitative estimate of drug-likeness (QED) is 0.567. The third-order valence-electron chi connectivity index (χ3n) is 4.09. The second kappa shape index (κ2) is 7.86. The molecule has 4 nitrogen and oxygen atoms in total. The first kappa shape index (κ1) is 18.4. The zero-order chi connectivity index (χ0) is 18.7. The van der Waals surface area contributed by atoms with Crippen LogP contribution < -0.4 is 10.5 Å². The third kappa shape index (κ3) is 4.22. The van der Waals surface area contributed by atoms with E-state index in [4.69, 9.17) is 10.5 Å². The average Bonchev–Trinajstić information content (AvgIpc) is 2.62. The maximum absolute atomic E-state index is 11.4. The number of carbonyl (C=O) groups is 1. The monoisotopic (exact) mass is 458 g/mol. The van der Waals surface area contributed by atoms with Crippen molar-refractivity contribution in [2.45, 2.75) is 20.5 Å². The number of primary amides is 1. The van der Waals surface area contributed by atoms with Gasteiger partial charge in [-0.25, -0.2) is 0 Å². The molecular weight excluding hydrogens is 439 g/mol. The van der Waals surface area contributed by atoms with E-state index in [1.165, 1.54) is 5.56 Å². The third-order valence-corrected chi connectivity index (χ3v) is 4.98. The van der Waals surface area contributed by atoms with Gasteiger partial charge in [-0.1, -0.05) is 12.1 Å². The Morgan fingerprint density at radius 1 is 1.12 bits per heavy atom. The van der Waals surface area contributed by atoms with Crippen LogP contribution in [0.3, 0.4) is 0 Å². The van der Waals surface area contributed by atoms with Crippen molar-refractivity contribution in [3.8, 4) is 17.0 Å². The molecule has 3 rings (SSSR count). The Labute approximate surface area is 166 Å². The summed E-state index contributed by atoms with van der Waals surface area (Å²) in [6.07, 6.45) is 1.77. The number of aryl methyl sites for hydroxylation is 2. The zero-order valence-electron chi connectivity index (χ0n) is 14.6. The Morgan fingerprint density at radius 3 is 2.65 bits per heavy atom. The second-order valence-electron chi connectivity index (χ2n) is 6.17. The molecule has 0 spiro atoms. The largest absolute Gasteiger partial charge is 0.488 e. The summed E-state index contributed by atoms with van der Waals surface area (Å²) < 4.78 is 7.06. The predicted octanol–water partition coefficient (Wildman–Crippen LogP) is 4.65. The van der Waals surface area contributed by atoms with E-state index in [-0.39, 0.29) is 0 Å². The standard InChI is InChI=1S/C21H19IN2O2/c1-13-3-6-18(22)20(9-13)26-12-15-7-8-24-19(11-15)16-4-5-17(21(23)25)14(2)10-16/h3-11H,12H2,1-2H3,(H2,23,25). The highest BCUT2D eigenvalue weighted by Crippen LogP contribution is 2.25. The average molecular weight is 458 g/mol. The van der Waals surface area contributed by atoms with Gasteiger partial charge in [-0.15, -0.1) is 0 Å². The lowest BCUT2D eigenvalue weighted by Crippen LogP contribution is -2.12. The minimum Gasteiger partial charge on any atom is -0.488 e. The summed E-state index contributed by atoms with van der Waals surface area (Å²) in [5.41, 5.74) is 10.7. The summed E-state index contributed by atoms with van der Waals surface area (Å²) in [5.74, 6) is 0.461. The smallest absolute Gasteiger partial charge is 0.248 e. The van der Waals surface area contributed by atoms with Gasteiger partial charge in [0.1, 0.15) is 12.4 Å². The Morgan fingerprint density at radius 2 is 1.92 bits per heavy atom. The maximum atomic E-state index is 11.4. The fourth-order valence-electron chi connectivity index (χ4n) is 2.70. The van der Waals surface area contributed by atoms with Crippen LogP contribution in [0, 0.1) is 17.4 Å². The van der Waals surface area contributed by atoms with E-state index in [1.807, 2.05) is 50.2 Å². The SMILES string of the molecule is Cc1ccc(I)c(OCc2ccnc(-c3ccc(C(N)=O)c(C)c3)c2)c1. The van der Waals surface area contributed by atoms with Crippen LogP contribution in [-0.2, 0) is 6.61 Å². The minimum absolute atomic E-state index is 0.420. The number of hydrogen-bond donors (Lipinski definition) is 1. The number of benzene rings is 2. The molecule has 0 fully saturated rings. The van der Waals surface area contributed by atoms with Gasteiger partial charge >= 0.3 is 0 Å². The summed E-state index contributed by atoms with van der Waals surface area (Å²) >= 11 is 2.27. The lowest BCUT2D eigenvalue weighted by atomic mass is 10.0. The Balaban J connectivity index is 1.81. The number of hydrogen-bond acceptors (Lipinski definition) is 3. The molecule has 0 aliphatic heterocycles. The van der Waals surface area contributed by atoms with Gasteiger partial charge in [0, 0.05) is 17.3 Å². The molecule has 132 valence electrons. The number of nitrogens with two attached hydrogens (primary N) is 1. The van der Waals surface area contributed by atoms with Crippen LogP contribution >= 0.6 is 22.6 Å². The topological polar surface area (TPSA) is 65.2 Å². The van der Waals surface area contributed by atoms with Gasteiger partial charge in [-0.3, -0.25) is 9.78 Å². The number of ether oxygens (including phenoxy) is 1. The van der Waals surface area contributed by atoms with Crippen molar-refractivity contribution in [1.82, 2.24) is 4.98 Å². The second-order valence-corrected chi connectivity index (χ2v) is 7.33. The Bertz CT molecular complexity index is 970. The van der Waals surface area contributed by atoms with Crippen LogP contribution in [0.2, 0.25) is 0 Å². The molecule has 0 aliphatic carbocycles. The van der Waals surface area contributed by atoms with Crippen LogP contribution in [0.5, 0.6) is 5.75 Å². The summed E-state index contributed by atoms with van der Waals surface area (Å²) in [4.78, 5) is 15.8. The van der Waals surface area contributed by atoms with Gasteiger partial charge in [-0.2, -0.15) is 0 Å². The number of nitrogens with zero attached hydrogens (tertiary/aromatic N) is 1. The van der Waals surface area contributed by atoms with Crippen molar-refractivity contribution in [1.29, 1.82) is 0 Å². The highest BCUT2D eigenvalue weighted by molar-refractivity contribution is 14.1. The van der Waals surface area contributed by atoms with E-state index in [1.54, 1.807) is 12.3 Å². The molecule has 0 saturated carbocycles. The number of aromatic nitrogens is 1. The molecule has 1 aromatic heterocycles. The number of amides is 1. The molecule has 5 heteroatoms. The fraction of sp³-hybridized carbons (Fsp3) is 0.143. The van der Waals surface area contributed by atoms with E-state index in [0.717, 1.165) is 31.7 Å². The highest BCUT2D eigenvalue weighted by atomic mass is 127. The van der Waals surface area contributed by atoms with Crippen LogP contribution in [0.25, 0.3) is 11.3 Å². The van der Waals surface area contributed by atoms with Crippen molar-refractivity contribution in [3.63, 3.8) is 0 Å². The van der Waals surface area contributed by atoms with Crippen LogP contribution in [0.15, 0.2) is 54.7 Å². The molecular formula is C21H19IN2O2. The van der Waals surface area contributed by atoms with E-state index in [2.05, 4.69) is 33.6 Å². The molecule has 0 saturated heterocycles. The Kier molecular flexibility index (Phi) is 5.56. The summed E-state index contributed by atoms with van der Waals surface area (Å²) in [5, 5.41) is 0. The van der Waals surface area contributed by atoms with Gasteiger partial charge in [0.25, 0.3) is 0 Å². The van der Waals surface area contributed by atoms with Crippen LogP contribution in [0.4, 0.5) is 0 Å². The first-order valence-corrected chi connectivity index (χ1v) is 9.26. The summed E-state index contributed by atoms with van der Waals surface area (Å²) in [7, 11) is 0. The first-order chi connectivity index (χ1) is 12.4. The normalized spacial score (nSPS) is 10.6. The number of halogens is 1. The number of carbonyl (C=O) groups excluding carboxylic acids is 1. The van der Waals surface area contributed by atoms with Crippen molar-refractivity contribution in [2.24, 2.45) is 5.73 Å². The van der Waals surface area contributed by atoms with Crippen LogP contribution in [-0.4, -0.2) is 10.9 Å². The zero-order valence-corrected chi connectivity index (χ0v) is 16.8. The van der Waals surface area contributed by atoms with Crippen molar-refractivity contribution in [2.75, 3.05) is 0 Å². The predicted molar refractivity (Wildman–Crippen MR) is 111 cm³/mol. The first-order valence-electron chi connectivity index (χ1n) is 8.19. The molecule has 1 amide bonds. The lowest BCUT2D eigenvalue weighted by Gasteiger charge is -2.11. The molecule has 0 radical (unpaired) electrons. The fourth-order valence-corrected chi connectivity index (χ4v) is 3.19. The van der Waals surface area contributed by atoms with Gasteiger partial charge in [-0.05, 0) is 89.5 Å². The maximum Gasteiger partial charge on any atom is 0.248 e. The molecule has 2 N–H and O–H groups in total. The van der Waals surface area contributed by atoms with Crippen molar-refractivity contribution >= 4 is 28.5 Å². The molecule has 0 unspecified atom stereocenters. The lowest BCUT2D eigenvalue weighted by molar-refractivity contribution is 0.0999. The van der Waals surface area contributed by atoms with Gasteiger partial charge < -0.3 is 10.5 Å². The number of pyridine rings is 1. The minimum atomic E-state index is -0.420. The molecule has 0 aliphatic rings. The Hall–Kier alpha value is -2.41. The number of rotatable bonds is 5. The van der Waals surface area contributed by atoms with E-state index in [9.17, 15) is 4.79 Å².